The maximum absolute atomic E-state index is 13.7. The summed E-state index contributed by atoms with van der Waals surface area (Å²) >= 11 is 5.69. The lowest BCUT2D eigenvalue weighted by Gasteiger charge is -2.25. The number of nitrogens with zero attached hydrogens (tertiary/aromatic N) is 1. The molecule has 3 rings (SSSR count). The lowest BCUT2D eigenvalue weighted by atomic mass is 10.1. The third kappa shape index (κ3) is 5.66. The van der Waals surface area contributed by atoms with Crippen molar-refractivity contribution in [1.29, 1.82) is 0 Å². The molecular weight excluding hydrogens is 435 g/mol. The molecule has 0 radical (unpaired) electrons. The zero-order valence-electron chi connectivity index (χ0n) is 16.1. The fourth-order valence-electron chi connectivity index (χ4n) is 3.10. The van der Waals surface area contributed by atoms with Gasteiger partial charge >= 0.3 is 6.18 Å². The summed E-state index contributed by atoms with van der Waals surface area (Å²) in [7, 11) is 1.48. The van der Waals surface area contributed by atoms with Gasteiger partial charge in [0.2, 0.25) is 5.91 Å². The Morgan fingerprint density at radius 1 is 1.23 bits per heavy atom. The second-order valence-corrected chi connectivity index (χ2v) is 8.34. The largest absolute Gasteiger partial charge is 0.497 e. The molecule has 1 amide bonds. The molecule has 0 N–H and O–H groups in total. The lowest BCUT2D eigenvalue weighted by molar-refractivity contribution is -0.144. The predicted molar refractivity (Wildman–Crippen MR) is 113 cm³/mol. The highest BCUT2D eigenvalue weighted by molar-refractivity contribution is 8.00. The van der Waals surface area contributed by atoms with Crippen LogP contribution in [0.1, 0.15) is 12.0 Å². The third-order valence-corrected chi connectivity index (χ3v) is 6.18. The van der Waals surface area contributed by atoms with Gasteiger partial charge in [0.15, 0.2) is 0 Å². The number of ether oxygens (including phenoxy) is 2. The minimum Gasteiger partial charge on any atom is -0.497 e. The highest BCUT2D eigenvalue weighted by Crippen LogP contribution is 2.38. The van der Waals surface area contributed by atoms with Crippen LogP contribution in [-0.4, -0.2) is 47.2 Å². The summed E-state index contributed by atoms with van der Waals surface area (Å²) in [4.78, 5) is 14.4. The molecule has 30 heavy (non-hydrogen) atoms. The van der Waals surface area contributed by atoms with Crippen LogP contribution in [0.25, 0.3) is 0 Å². The van der Waals surface area contributed by atoms with Gasteiger partial charge < -0.3 is 9.47 Å². The molecule has 160 valence electrons. The van der Waals surface area contributed by atoms with Crippen LogP contribution >= 0.6 is 24.0 Å². The minimum atomic E-state index is -4.56. The van der Waals surface area contributed by atoms with E-state index in [4.69, 9.17) is 21.7 Å². The highest BCUT2D eigenvalue weighted by atomic mass is 32.2. The zero-order valence-corrected chi connectivity index (χ0v) is 17.7. The van der Waals surface area contributed by atoms with E-state index in [0.29, 0.717) is 28.8 Å². The van der Waals surface area contributed by atoms with Crippen LogP contribution in [0.2, 0.25) is 0 Å². The fraction of sp³-hybridized carbons (Fsp3) is 0.333. The molecule has 4 nitrogen and oxygen atoms in total. The Labute approximate surface area is 182 Å². The molecule has 0 unspecified atom stereocenters. The van der Waals surface area contributed by atoms with Crippen LogP contribution < -0.4 is 4.74 Å². The number of thioether (sulfide) groups is 1. The number of rotatable bonds is 7. The lowest BCUT2D eigenvalue weighted by Crippen LogP contribution is -2.43. The molecule has 2 aromatic carbocycles. The Kier molecular flexibility index (Phi) is 7.25. The van der Waals surface area contributed by atoms with Gasteiger partial charge in [-0.25, -0.2) is 0 Å². The summed E-state index contributed by atoms with van der Waals surface area (Å²) in [5.41, 5.74) is 0.952. The van der Waals surface area contributed by atoms with Crippen molar-refractivity contribution in [3.05, 3.63) is 60.2 Å². The first-order chi connectivity index (χ1) is 14.3. The van der Waals surface area contributed by atoms with Crippen molar-refractivity contribution < 1.29 is 27.4 Å². The topological polar surface area (TPSA) is 38.8 Å². The van der Waals surface area contributed by atoms with E-state index in [2.05, 4.69) is 0 Å². The van der Waals surface area contributed by atoms with Crippen LogP contribution in [0.5, 0.6) is 5.75 Å². The Morgan fingerprint density at radius 2 is 1.90 bits per heavy atom. The average molecular weight is 456 g/mol. The quantitative estimate of drug-likeness (QED) is 0.440. The monoisotopic (exact) mass is 455 g/mol. The van der Waals surface area contributed by atoms with Crippen molar-refractivity contribution in [2.45, 2.75) is 35.2 Å². The Bertz CT molecular complexity index is 875. The molecule has 1 heterocycles. The van der Waals surface area contributed by atoms with Crippen molar-refractivity contribution in [2.24, 2.45) is 0 Å². The summed E-state index contributed by atoms with van der Waals surface area (Å²) in [5.74, 6) is -0.149. The maximum atomic E-state index is 13.7. The van der Waals surface area contributed by atoms with E-state index in [1.807, 2.05) is 30.3 Å². The standard InChI is InChI=1S/C21H20F3NO3S2/c1-27-16-7-9-17(10-8-16)30-18(21(22,23)24)12-19(26)25-15(13-28-20(25)29)11-14-5-3-2-4-6-14/h2-10,15,18H,11-13H2,1H3/t15-,18-/m0/s1. The van der Waals surface area contributed by atoms with Crippen LogP contribution in [0.15, 0.2) is 59.5 Å². The first-order valence-electron chi connectivity index (χ1n) is 9.18. The van der Waals surface area contributed by atoms with Crippen LogP contribution in [0, 0.1) is 0 Å². The summed E-state index contributed by atoms with van der Waals surface area (Å²) < 4.78 is 51.3. The van der Waals surface area contributed by atoms with Gasteiger partial charge in [0.25, 0.3) is 5.17 Å². The second-order valence-electron chi connectivity index (χ2n) is 6.71. The number of carbonyl (C=O) groups excluding carboxylic acids is 1. The number of alkyl halides is 3. The van der Waals surface area contributed by atoms with Crippen molar-refractivity contribution in [1.82, 2.24) is 4.90 Å². The average Bonchev–Trinajstić information content (AvgIpc) is 3.08. The van der Waals surface area contributed by atoms with Gasteiger partial charge in [-0.2, -0.15) is 13.2 Å². The number of thiocarbonyl (C=S) groups is 1. The van der Waals surface area contributed by atoms with Gasteiger partial charge in [0.1, 0.15) is 17.6 Å². The van der Waals surface area contributed by atoms with E-state index in [1.165, 1.54) is 24.1 Å². The number of methoxy groups -OCH3 is 1. The van der Waals surface area contributed by atoms with Gasteiger partial charge in [-0.1, -0.05) is 30.3 Å². The predicted octanol–water partition coefficient (Wildman–Crippen LogP) is 4.86. The van der Waals surface area contributed by atoms with Crippen molar-refractivity contribution in [2.75, 3.05) is 13.7 Å². The Morgan fingerprint density at radius 3 is 2.50 bits per heavy atom. The van der Waals surface area contributed by atoms with Crippen molar-refractivity contribution >= 4 is 35.1 Å². The third-order valence-electron chi connectivity index (χ3n) is 4.61. The SMILES string of the molecule is COc1ccc(S[C@@H](CC(=O)N2C(=S)OC[C@@H]2Cc2ccccc2)C(F)(F)F)cc1. The molecule has 0 aromatic heterocycles. The van der Waals surface area contributed by atoms with Gasteiger partial charge in [0, 0.05) is 11.3 Å². The van der Waals surface area contributed by atoms with Crippen LogP contribution in [0.3, 0.4) is 0 Å². The number of hydrogen-bond acceptors (Lipinski definition) is 5. The second kappa shape index (κ2) is 9.70. The molecule has 0 aliphatic carbocycles. The molecule has 1 saturated heterocycles. The van der Waals surface area contributed by atoms with Gasteiger partial charge in [-0.15, -0.1) is 11.8 Å². The molecule has 1 fully saturated rings. The zero-order chi connectivity index (χ0) is 21.7. The molecule has 0 bridgehead atoms. The van der Waals surface area contributed by atoms with Gasteiger partial charge in [-0.3, -0.25) is 9.69 Å². The van der Waals surface area contributed by atoms with E-state index in [-0.39, 0.29) is 11.8 Å². The first kappa shape index (κ1) is 22.4. The molecule has 0 saturated carbocycles. The minimum absolute atomic E-state index is 0.0729. The number of hydrogen-bond donors (Lipinski definition) is 0. The van der Waals surface area contributed by atoms with Gasteiger partial charge in [-0.05, 0) is 48.5 Å². The van der Waals surface area contributed by atoms with Crippen LogP contribution in [-0.2, 0) is 16.0 Å². The van der Waals surface area contributed by atoms with E-state index >= 15 is 0 Å². The number of carbonyl (C=O) groups is 1. The smallest absolute Gasteiger partial charge is 0.401 e. The highest BCUT2D eigenvalue weighted by Gasteiger charge is 2.44. The maximum Gasteiger partial charge on any atom is 0.401 e. The summed E-state index contributed by atoms with van der Waals surface area (Å²) in [6.45, 7) is 0.168. The van der Waals surface area contributed by atoms with E-state index < -0.39 is 29.8 Å². The molecule has 9 heteroatoms. The molecule has 1 aliphatic heterocycles. The first-order valence-corrected chi connectivity index (χ1v) is 10.5. The number of amides is 1. The summed E-state index contributed by atoms with van der Waals surface area (Å²) in [5, 5.41) is -1.98. The number of benzene rings is 2. The Hall–Kier alpha value is -2.26. The molecule has 2 atom stereocenters. The van der Waals surface area contributed by atoms with Crippen molar-refractivity contribution in [3.8, 4) is 5.75 Å². The van der Waals surface area contributed by atoms with E-state index in [0.717, 1.165) is 5.56 Å². The van der Waals surface area contributed by atoms with E-state index in [9.17, 15) is 18.0 Å². The van der Waals surface area contributed by atoms with Crippen LogP contribution in [0.4, 0.5) is 13.2 Å². The molecular formula is C21H20F3NO3S2. The number of halogens is 3. The Balaban J connectivity index is 1.72. The summed E-state index contributed by atoms with van der Waals surface area (Å²) in [6.07, 6.45) is -4.83. The molecule has 2 aromatic rings. The molecule has 0 spiro atoms. The van der Waals surface area contributed by atoms with E-state index in [1.54, 1.807) is 12.1 Å². The summed E-state index contributed by atoms with van der Waals surface area (Å²) in [6, 6.07) is 15.2. The fourth-order valence-corrected chi connectivity index (χ4v) is 4.40. The molecule has 1 aliphatic rings. The van der Waals surface area contributed by atoms with Gasteiger partial charge in [0.05, 0.1) is 13.2 Å². The normalized spacial score (nSPS) is 17.5. The van der Waals surface area contributed by atoms with Crippen molar-refractivity contribution in [3.63, 3.8) is 0 Å².